The Morgan fingerprint density at radius 3 is 2.81 bits per heavy atom. The molecule has 1 aromatic rings. The molecule has 1 unspecified atom stereocenters. The minimum Gasteiger partial charge on any atom is -0.478 e. The molecule has 0 fully saturated rings. The van der Waals surface area contributed by atoms with E-state index in [9.17, 15) is 4.79 Å². The van der Waals surface area contributed by atoms with Gasteiger partial charge in [0.1, 0.15) is 0 Å². The third-order valence-corrected chi connectivity index (χ3v) is 2.30. The van der Waals surface area contributed by atoms with Crippen molar-refractivity contribution in [3.05, 3.63) is 45.8 Å². The van der Waals surface area contributed by atoms with Gasteiger partial charge in [-0.2, -0.15) is 0 Å². The van der Waals surface area contributed by atoms with Crippen molar-refractivity contribution >= 4 is 5.97 Å². The first-order valence-corrected chi connectivity index (χ1v) is 5.07. The van der Waals surface area contributed by atoms with Gasteiger partial charge in [0.25, 0.3) is 0 Å². The second-order valence-electron chi connectivity index (χ2n) is 3.40. The molecule has 0 saturated carbocycles. The van der Waals surface area contributed by atoms with Gasteiger partial charge in [-0.25, -0.2) is 4.79 Å². The van der Waals surface area contributed by atoms with Gasteiger partial charge in [0.2, 0.25) is 0 Å². The molecule has 0 aliphatic rings. The fourth-order valence-electron chi connectivity index (χ4n) is 1.59. The Labute approximate surface area is 93.3 Å². The van der Waals surface area contributed by atoms with Crippen molar-refractivity contribution < 1.29 is 9.90 Å². The quantitative estimate of drug-likeness (QED) is 0.466. The highest BCUT2D eigenvalue weighted by Crippen LogP contribution is 2.26. The Kier molecular flexibility index (Phi) is 4.36. The molecule has 5 nitrogen and oxygen atoms in total. The number of azide groups is 1. The highest BCUT2D eigenvalue weighted by Gasteiger charge is 2.16. The molecule has 0 aliphatic carbocycles. The van der Waals surface area contributed by atoms with Crippen molar-refractivity contribution in [2.45, 2.75) is 25.8 Å². The van der Waals surface area contributed by atoms with Gasteiger partial charge < -0.3 is 5.11 Å². The summed E-state index contributed by atoms with van der Waals surface area (Å²) in [5.41, 5.74) is 9.25. The highest BCUT2D eigenvalue weighted by atomic mass is 16.4. The summed E-state index contributed by atoms with van der Waals surface area (Å²) in [5, 5.41) is 12.7. The van der Waals surface area contributed by atoms with Crippen molar-refractivity contribution in [2.75, 3.05) is 0 Å². The molecular formula is C11H13N3O2. The Hall–Kier alpha value is -2.00. The number of hydrogen-bond acceptors (Lipinski definition) is 2. The predicted octanol–water partition coefficient (Wildman–Crippen LogP) is 3.54. The first-order valence-electron chi connectivity index (χ1n) is 5.07. The van der Waals surface area contributed by atoms with E-state index in [2.05, 4.69) is 10.0 Å². The van der Waals surface area contributed by atoms with Gasteiger partial charge in [-0.1, -0.05) is 36.7 Å². The Morgan fingerprint density at radius 2 is 2.25 bits per heavy atom. The lowest BCUT2D eigenvalue weighted by Crippen LogP contribution is -2.05. The van der Waals surface area contributed by atoms with Crippen molar-refractivity contribution in [2.24, 2.45) is 5.11 Å². The second-order valence-corrected chi connectivity index (χ2v) is 3.40. The van der Waals surface area contributed by atoms with Crippen LogP contribution < -0.4 is 0 Å². The summed E-state index contributed by atoms with van der Waals surface area (Å²) in [6.07, 6.45) is 1.48. The standard InChI is InChI=1S/C11H13N3O2/c1-2-5-10(13-14-12)8-6-3-4-7-9(8)11(15)16/h3-4,6-7,10H,2,5H2,1H3,(H,15,16). The van der Waals surface area contributed by atoms with Crippen molar-refractivity contribution in [1.29, 1.82) is 0 Å². The molecule has 1 rings (SSSR count). The van der Waals surface area contributed by atoms with Gasteiger partial charge in [0, 0.05) is 4.91 Å². The van der Waals surface area contributed by atoms with Crippen LogP contribution in [0.1, 0.15) is 41.7 Å². The zero-order valence-electron chi connectivity index (χ0n) is 9.00. The topological polar surface area (TPSA) is 86.1 Å². The number of aromatic carboxylic acids is 1. The van der Waals surface area contributed by atoms with Crippen LogP contribution in [-0.4, -0.2) is 11.1 Å². The van der Waals surface area contributed by atoms with E-state index in [1.807, 2.05) is 6.92 Å². The summed E-state index contributed by atoms with van der Waals surface area (Å²) >= 11 is 0. The molecule has 0 aromatic heterocycles. The lowest BCUT2D eigenvalue weighted by molar-refractivity contribution is 0.0695. The fraction of sp³-hybridized carbons (Fsp3) is 0.364. The number of carboxylic acid groups (broad SMARTS) is 1. The lowest BCUT2D eigenvalue weighted by atomic mass is 9.98. The molecule has 0 radical (unpaired) electrons. The third kappa shape index (κ3) is 2.74. The number of hydrogen-bond donors (Lipinski definition) is 1. The van der Waals surface area contributed by atoms with E-state index < -0.39 is 12.0 Å². The number of carboxylic acids is 1. The van der Waals surface area contributed by atoms with E-state index >= 15 is 0 Å². The van der Waals surface area contributed by atoms with Crippen LogP contribution >= 0.6 is 0 Å². The number of nitrogens with zero attached hydrogens (tertiary/aromatic N) is 3. The van der Waals surface area contributed by atoms with Crippen LogP contribution in [0.3, 0.4) is 0 Å². The summed E-state index contributed by atoms with van der Waals surface area (Å²) in [6, 6.07) is 6.22. The molecule has 16 heavy (non-hydrogen) atoms. The van der Waals surface area contributed by atoms with Crippen LogP contribution in [0.2, 0.25) is 0 Å². The van der Waals surface area contributed by atoms with Crippen LogP contribution in [0.5, 0.6) is 0 Å². The molecular weight excluding hydrogens is 206 g/mol. The minimum absolute atomic E-state index is 0.202. The first-order chi connectivity index (χ1) is 7.70. The molecule has 1 aromatic carbocycles. The van der Waals surface area contributed by atoms with Gasteiger partial charge >= 0.3 is 5.97 Å². The normalized spacial score (nSPS) is 11.6. The highest BCUT2D eigenvalue weighted by molar-refractivity contribution is 5.89. The van der Waals surface area contributed by atoms with E-state index in [-0.39, 0.29) is 5.56 Å². The molecule has 84 valence electrons. The van der Waals surface area contributed by atoms with Crippen molar-refractivity contribution in [1.82, 2.24) is 0 Å². The maximum absolute atomic E-state index is 11.0. The van der Waals surface area contributed by atoms with Crippen LogP contribution in [0.25, 0.3) is 10.4 Å². The van der Waals surface area contributed by atoms with E-state index in [1.54, 1.807) is 18.2 Å². The average molecular weight is 219 g/mol. The molecule has 0 saturated heterocycles. The Morgan fingerprint density at radius 1 is 1.56 bits per heavy atom. The minimum atomic E-state index is -0.996. The predicted molar refractivity (Wildman–Crippen MR) is 60.2 cm³/mol. The van der Waals surface area contributed by atoms with Gasteiger partial charge in [-0.05, 0) is 23.6 Å². The molecule has 0 bridgehead atoms. The van der Waals surface area contributed by atoms with Crippen LogP contribution in [0.15, 0.2) is 29.4 Å². The lowest BCUT2D eigenvalue weighted by Gasteiger charge is -2.12. The monoisotopic (exact) mass is 219 g/mol. The molecule has 0 heterocycles. The van der Waals surface area contributed by atoms with Gasteiger partial charge in [-0.15, -0.1) is 0 Å². The van der Waals surface area contributed by atoms with Crippen LogP contribution in [0.4, 0.5) is 0 Å². The molecule has 0 aliphatic heterocycles. The summed E-state index contributed by atoms with van der Waals surface area (Å²) in [4.78, 5) is 13.8. The van der Waals surface area contributed by atoms with Gasteiger partial charge in [0.05, 0.1) is 11.6 Å². The summed E-state index contributed by atoms with van der Waals surface area (Å²) in [5.74, 6) is -0.996. The summed E-state index contributed by atoms with van der Waals surface area (Å²) in [7, 11) is 0. The van der Waals surface area contributed by atoms with Gasteiger partial charge in [0.15, 0.2) is 0 Å². The molecule has 5 heteroatoms. The Balaban J connectivity index is 3.17. The molecule has 0 spiro atoms. The third-order valence-electron chi connectivity index (χ3n) is 2.30. The fourth-order valence-corrected chi connectivity index (χ4v) is 1.59. The number of rotatable bonds is 5. The van der Waals surface area contributed by atoms with E-state index in [4.69, 9.17) is 10.6 Å². The average Bonchev–Trinajstić information content (AvgIpc) is 2.29. The summed E-state index contributed by atoms with van der Waals surface area (Å²) < 4.78 is 0. The van der Waals surface area contributed by atoms with Crippen LogP contribution in [0, 0.1) is 0 Å². The zero-order valence-corrected chi connectivity index (χ0v) is 9.00. The van der Waals surface area contributed by atoms with E-state index in [0.29, 0.717) is 12.0 Å². The smallest absolute Gasteiger partial charge is 0.335 e. The largest absolute Gasteiger partial charge is 0.478 e. The number of benzene rings is 1. The number of carbonyl (C=O) groups is 1. The van der Waals surface area contributed by atoms with Crippen LogP contribution in [-0.2, 0) is 0 Å². The SMILES string of the molecule is CCCC(N=[N+]=[N-])c1ccccc1C(=O)O. The van der Waals surface area contributed by atoms with Crippen molar-refractivity contribution in [3.63, 3.8) is 0 Å². The molecule has 1 N–H and O–H groups in total. The van der Waals surface area contributed by atoms with E-state index in [1.165, 1.54) is 6.07 Å². The first kappa shape index (κ1) is 12.1. The zero-order chi connectivity index (χ0) is 12.0. The second kappa shape index (κ2) is 5.78. The molecule has 1 atom stereocenters. The maximum atomic E-state index is 11.0. The maximum Gasteiger partial charge on any atom is 0.335 e. The van der Waals surface area contributed by atoms with Gasteiger partial charge in [-0.3, -0.25) is 0 Å². The summed E-state index contributed by atoms with van der Waals surface area (Å²) in [6.45, 7) is 1.96. The van der Waals surface area contributed by atoms with E-state index in [0.717, 1.165) is 6.42 Å². The molecule has 0 amide bonds. The van der Waals surface area contributed by atoms with Crippen molar-refractivity contribution in [3.8, 4) is 0 Å². The Bertz CT molecular complexity index is 425.